The average Bonchev–Trinajstić information content (AvgIpc) is 1.73. The van der Waals surface area contributed by atoms with Gasteiger partial charge in [-0.15, -0.1) is 22.7 Å². The van der Waals surface area contributed by atoms with E-state index in [2.05, 4.69) is 229 Å². The molecule has 6 heterocycles. The number of hydrogen-bond acceptors (Lipinski definition) is 9. The third-order valence-electron chi connectivity index (χ3n) is 21.4. The zero-order valence-corrected chi connectivity index (χ0v) is 83.2. The first-order chi connectivity index (χ1) is 57.8. The molecular weight excluding hydrogens is 1700 g/mol. The Labute approximate surface area is 762 Å². The minimum atomic E-state index is -4.33. The van der Waals surface area contributed by atoms with E-state index in [-0.39, 0.29) is 29.6 Å². The van der Waals surface area contributed by atoms with Gasteiger partial charge in [-0.3, -0.25) is 24.3 Å². The molecule has 25 heteroatoms. The molecule has 0 saturated carbocycles. The summed E-state index contributed by atoms with van der Waals surface area (Å²) >= 11 is 13.0. The molecule has 0 amide bonds. The van der Waals surface area contributed by atoms with Crippen molar-refractivity contribution in [2.75, 3.05) is 58.9 Å². The van der Waals surface area contributed by atoms with Crippen LogP contribution in [0.2, 0.25) is 10.0 Å². The van der Waals surface area contributed by atoms with Crippen LogP contribution < -0.4 is 0 Å². The van der Waals surface area contributed by atoms with Gasteiger partial charge in [0.1, 0.15) is 10.7 Å². The second-order valence-electron chi connectivity index (χ2n) is 36.0. The summed E-state index contributed by atoms with van der Waals surface area (Å²) in [5, 5.41) is 4.23. The highest BCUT2D eigenvalue weighted by Gasteiger charge is 2.37. The summed E-state index contributed by atoms with van der Waals surface area (Å²) in [5.41, 5.74) is 4.77. The van der Waals surface area contributed by atoms with Crippen molar-refractivity contribution in [2.24, 2.45) is 11.8 Å². The van der Waals surface area contributed by atoms with Gasteiger partial charge in [0.15, 0.2) is 10.7 Å². The molecule has 708 valence electrons. The summed E-state index contributed by atoms with van der Waals surface area (Å²) in [5.74, 6) is 4.59. The second kappa shape index (κ2) is 58.0. The molecule has 0 bridgehead atoms. The fourth-order valence-electron chi connectivity index (χ4n) is 12.8. The number of likely N-dealkylation sites (tertiary alicyclic amines) is 1. The number of alkyl halides is 12. The quantitative estimate of drug-likeness (QED) is 0.101. The van der Waals surface area contributed by atoms with Gasteiger partial charge in [-0.2, -0.15) is 57.8 Å². The van der Waals surface area contributed by atoms with Crippen molar-refractivity contribution >= 4 is 45.9 Å². The smallest absolute Gasteiger partial charge is 0.301 e. The van der Waals surface area contributed by atoms with E-state index in [1.165, 1.54) is 141 Å². The molecule has 8 aromatic rings. The zero-order chi connectivity index (χ0) is 95.8. The normalized spacial score (nSPS) is 15.3. The van der Waals surface area contributed by atoms with Gasteiger partial charge in [-0.25, -0.2) is 9.37 Å². The molecule has 0 N–H and O–H groups in total. The molecule has 3 aromatic heterocycles. The van der Waals surface area contributed by atoms with Crippen LogP contribution in [-0.4, -0.2) is 134 Å². The van der Waals surface area contributed by atoms with E-state index in [9.17, 15) is 57.1 Å². The van der Waals surface area contributed by atoms with E-state index in [0.29, 0.717) is 52.0 Å². The van der Waals surface area contributed by atoms with Gasteiger partial charge in [0.25, 0.3) is 0 Å². The summed E-state index contributed by atoms with van der Waals surface area (Å²) in [7, 11) is 0. The van der Waals surface area contributed by atoms with Gasteiger partial charge in [0.2, 0.25) is 0 Å². The maximum absolute atomic E-state index is 12.4. The van der Waals surface area contributed by atoms with Crippen LogP contribution in [0, 0.1) is 17.7 Å². The van der Waals surface area contributed by atoms with Crippen molar-refractivity contribution in [1.82, 2.24) is 39.3 Å². The molecule has 125 heavy (non-hydrogen) atoms. The minimum absolute atomic E-state index is 0.0406. The molecule has 0 radical (unpaired) electrons. The average molecular weight is 1850 g/mol. The Hall–Kier alpha value is -5.89. The number of piperidine rings is 1. The summed E-state index contributed by atoms with van der Waals surface area (Å²) < 4.78 is 158. The molecule has 1 unspecified atom stereocenters. The fraction of sp³-hybridized carbons (Fsp3) is 0.600. The Kier molecular flexibility index (Phi) is 54.3. The molecule has 3 saturated heterocycles. The van der Waals surface area contributed by atoms with Crippen LogP contribution in [0.15, 0.2) is 158 Å². The maximum Gasteiger partial charge on any atom is 0.443 e. The summed E-state index contributed by atoms with van der Waals surface area (Å²) in [6.07, 6.45) is -11.6. The Morgan fingerprint density at radius 1 is 0.352 bits per heavy atom. The number of rotatable bonds is 14. The van der Waals surface area contributed by atoms with Crippen LogP contribution in [0.1, 0.15) is 320 Å². The number of halogens is 15. The zero-order valence-electron chi connectivity index (χ0n) is 80.1. The largest absolute Gasteiger partial charge is 0.443 e. The number of thiophene rings is 1. The van der Waals surface area contributed by atoms with Gasteiger partial charge in [0.05, 0.1) is 5.56 Å². The maximum atomic E-state index is 12.4. The molecule has 5 aromatic carbocycles. The van der Waals surface area contributed by atoms with Crippen molar-refractivity contribution in [3.8, 4) is 0 Å². The predicted molar refractivity (Wildman–Crippen MR) is 506 cm³/mol. The van der Waals surface area contributed by atoms with E-state index in [1.807, 2.05) is 84.0 Å². The van der Waals surface area contributed by atoms with Crippen LogP contribution >= 0.6 is 45.9 Å². The first kappa shape index (κ1) is 117. The molecule has 3 fully saturated rings. The van der Waals surface area contributed by atoms with Crippen LogP contribution in [0.4, 0.5) is 57.1 Å². The van der Waals surface area contributed by atoms with Gasteiger partial charge in [-0.1, -0.05) is 213 Å². The predicted octanol–water partition coefficient (Wildman–Crippen LogP) is 32.2. The number of nitrogens with zero attached hydrogens (tertiary/aromatic N) is 8. The Morgan fingerprint density at radius 3 is 0.984 bits per heavy atom. The van der Waals surface area contributed by atoms with E-state index >= 15 is 0 Å². The van der Waals surface area contributed by atoms with Crippen molar-refractivity contribution in [3.05, 3.63) is 233 Å². The summed E-state index contributed by atoms with van der Waals surface area (Å²) in [6.45, 7) is 73.4. The van der Waals surface area contributed by atoms with E-state index < -0.39 is 45.8 Å². The number of hydrogen-bond donors (Lipinski definition) is 0. The molecular formula is C100H151Cl2F13N8S2. The Morgan fingerprint density at radius 2 is 0.720 bits per heavy atom. The highest BCUT2D eigenvalue weighted by molar-refractivity contribution is 7.12. The van der Waals surface area contributed by atoms with Gasteiger partial charge < -0.3 is 4.90 Å². The highest BCUT2D eigenvalue weighted by Crippen LogP contribution is 2.38. The molecule has 3 aliphatic rings. The van der Waals surface area contributed by atoms with Crippen LogP contribution in [0.25, 0.3) is 0 Å². The molecule has 0 aliphatic carbocycles. The van der Waals surface area contributed by atoms with Crippen molar-refractivity contribution in [2.45, 2.75) is 322 Å². The molecule has 3 aliphatic heterocycles. The van der Waals surface area contributed by atoms with E-state index in [1.54, 1.807) is 13.8 Å². The third kappa shape index (κ3) is 48.0. The first-order valence-electron chi connectivity index (χ1n) is 44.3. The van der Waals surface area contributed by atoms with Crippen LogP contribution in [-0.2, 0) is 24.7 Å². The molecule has 0 spiro atoms. The fourth-order valence-corrected chi connectivity index (χ4v) is 14.7. The van der Waals surface area contributed by atoms with Crippen LogP contribution in [0.5, 0.6) is 0 Å². The topological polar surface area (TPSA) is 46.9 Å². The molecule has 11 rings (SSSR count). The lowest BCUT2D eigenvalue weighted by Crippen LogP contribution is -2.55. The summed E-state index contributed by atoms with van der Waals surface area (Å²) in [6, 6.07) is 46.3. The third-order valence-corrected chi connectivity index (χ3v) is 24.7. The molecule has 8 nitrogen and oxygen atoms in total. The summed E-state index contributed by atoms with van der Waals surface area (Å²) in [4.78, 5) is 17.1. The lowest BCUT2D eigenvalue weighted by atomic mass is 9.86. The highest BCUT2D eigenvalue weighted by atomic mass is 35.5. The van der Waals surface area contributed by atoms with Crippen molar-refractivity contribution in [1.29, 1.82) is 0 Å². The second-order valence-corrected chi connectivity index (χ2v) is 39.1. The van der Waals surface area contributed by atoms with Gasteiger partial charge >= 0.3 is 24.7 Å². The van der Waals surface area contributed by atoms with Gasteiger partial charge in [0, 0.05) is 120 Å². The SMILES string of the molecule is CC(C)C1CCN(C(C)C)CC1.CC(C)N1CCN(C(C)C)C(C)C1.CC(C)N1CCN(C(C)C)CC1.CC(C)c1ccc(C(F)(F)F)cc1.CC(C)c1ccc(C(F)(F)F)s1.CC(C)c1ccc(Cl)cc1.CC(C)c1ccc(Cl)cc1.CC(C)c1ccc(F)cc1.CC(C)c1ccccc1.CC(C)c1cnc(C(F)(F)F)s1.CC(C)n1ccc(C(F)(F)F)n1. The monoisotopic (exact) mass is 1850 g/mol. The van der Waals surface area contributed by atoms with Gasteiger partial charge in [-0.05, 0) is 264 Å². The number of thiazole rings is 1. The lowest BCUT2D eigenvalue weighted by Gasteiger charge is -2.43. The van der Waals surface area contributed by atoms with Crippen molar-refractivity contribution < 1.29 is 57.1 Å². The van der Waals surface area contributed by atoms with E-state index in [4.69, 9.17) is 23.2 Å². The Balaban J connectivity index is 0.000000688. The van der Waals surface area contributed by atoms with E-state index in [0.717, 1.165) is 92.1 Å². The lowest BCUT2D eigenvalue weighted by molar-refractivity contribution is -0.141. The van der Waals surface area contributed by atoms with Crippen molar-refractivity contribution in [3.63, 3.8) is 0 Å². The first-order valence-corrected chi connectivity index (χ1v) is 46.7. The number of piperazine rings is 2. The molecule has 1 atom stereocenters. The standard InChI is InChI=1S/C11H24N2.C11H23N.C10H11F3.C10H22N2.2C9H11Cl.C9H11F.C9H12.C8H9F3S.C7H9F3N2.C7H8F3NS/c1-9(2)12-6-7-13(10(3)4)11(5)8-12;1-9(2)11-5-7-12(8-6-11)10(3)4;1-7(2)8-3-5-9(6-4-8)10(11,12)13;1-9(2)11-5-7-12(8-6-11)10(3)4;3*1-7(2)8-3-5-9(10)6-4-8;1-8(2)9-6-4-3-5-7-9;1-5(2)6-3-4-7(12-6)8(9,10)11;1-5(2)12-4-3-6(11-12)7(8,9)10;1-4(2)5-3-11-6(12-5)7(8,9)10/h9-11H,6-8H2,1-5H3;9-11H,5-8H2,1-4H3;3-7H,1-2H3;9-10H,5-8H2,1-4H3;3*3-7H,1-2H3;3-8H,1-2H3;2*3-5H,1-2H3;3-4H,1-2H3. The Bertz CT molecular complexity index is 3720. The van der Waals surface area contributed by atoms with Crippen LogP contribution in [0.3, 0.4) is 0 Å². The number of aromatic nitrogens is 3. The number of benzene rings is 5. The minimum Gasteiger partial charge on any atom is -0.301 e.